The number of fused-ring (bicyclic) bond motifs is 1. The second kappa shape index (κ2) is 9.55. The van der Waals surface area contributed by atoms with Crippen LogP contribution in [0.4, 0.5) is 9.93 Å². The summed E-state index contributed by atoms with van der Waals surface area (Å²) in [6.07, 6.45) is 6.67. The second-order valence-electron chi connectivity index (χ2n) is 6.74. The summed E-state index contributed by atoms with van der Waals surface area (Å²) in [6.45, 7) is 0.475. The first kappa shape index (κ1) is 19.4. The Balaban J connectivity index is 1.36. The summed E-state index contributed by atoms with van der Waals surface area (Å²) in [4.78, 5) is 28.3. The zero-order chi connectivity index (χ0) is 19.1. The predicted molar refractivity (Wildman–Crippen MR) is 107 cm³/mol. The molecule has 3 amide bonds. The van der Waals surface area contributed by atoms with Gasteiger partial charge in [0, 0.05) is 19.0 Å². The number of rotatable bonds is 7. The van der Waals surface area contributed by atoms with Gasteiger partial charge >= 0.3 is 6.03 Å². The second-order valence-corrected chi connectivity index (χ2v) is 7.77. The van der Waals surface area contributed by atoms with E-state index in [1.807, 2.05) is 18.2 Å². The molecule has 3 rings (SSSR count). The smallest absolute Gasteiger partial charge is 0.315 e. The Morgan fingerprint density at radius 1 is 1.26 bits per heavy atom. The molecule has 1 fully saturated rings. The molecular formula is C19H26N4O3S. The van der Waals surface area contributed by atoms with Crippen molar-refractivity contribution in [1.82, 2.24) is 15.6 Å². The highest BCUT2D eigenvalue weighted by Crippen LogP contribution is 2.29. The Morgan fingerprint density at radius 2 is 2.07 bits per heavy atom. The third-order valence-corrected chi connectivity index (χ3v) is 5.58. The van der Waals surface area contributed by atoms with Gasteiger partial charge in [0.25, 0.3) is 0 Å². The van der Waals surface area contributed by atoms with Crippen LogP contribution in [0.2, 0.25) is 0 Å². The molecule has 0 unspecified atom stereocenters. The first-order valence-electron chi connectivity index (χ1n) is 9.43. The molecule has 0 saturated heterocycles. The van der Waals surface area contributed by atoms with Crippen LogP contribution >= 0.6 is 11.3 Å². The topological polar surface area (TPSA) is 92.3 Å². The van der Waals surface area contributed by atoms with Crippen molar-refractivity contribution >= 4 is 38.6 Å². The number of thiazole rings is 1. The molecule has 0 radical (unpaired) electrons. The number of ether oxygens (including phenoxy) is 1. The van der Waals surface area contributed by atoms with Crippen molar-refractivity contribution in [3.05, 3.63) is 18.2 Å². The number of nitrogens with zero attached hydrogens (tertiary/aromatic N) is 1. The van der Waals surface area contributed by atoms with Crippen LogP contribution in [0.5, 0.6) is 5.75 Å². The molecular weight excluding hydrogens is 364 g/mol. The van der Waals surface area contributed by atoms with E-state index in [0.29, 0.717) is 30.6 Å². The van der Waals surface area contributed by atoms with E-state index in [-0.39, 0.29) is 11.9 Å². The van der Waals surface area contributed by atoms with Gasteiger partial charge in [0.05, 0.1) is 17.3 Å². The maximum Gasteiger partial charge on any atom is 0.315 e. The van der Waals surface area contributed by atoms with E-state index in [2.05, 4.69) is 20.9 Å². The maximum absolute atomic E-state index is 12.1. The number of carbonyl (C=O) groups is 2. The van der Waals surface area contributed by atoms with Gasteiger partial charge in [-0.1, -0.05) is 30.6 Å². The minimum Gasteiger partial charge on any atom is -0.497 e. The van der Waals surface area contributed by atoms with Crippen molar-refractivity contribution in [3.63, 3.8) is 0 Å². The largest absolute Gasteiger partial charge is 0.497 e. The monoisotopic (exact) mass is 390 g/mol. The average Bonchev–Trinajstić information content (AvgIpc) is 3.07. The summed E-state index contributed by atoms with van der Waals surface area (Å²) in [5, 5.41) is 9.23. The molecule has 0 spiro atoms. The minimum absolute atomic E-state index is 0.101. The molecule has 146 valence electrons. The number of amides is 3. The molecule has 1 heterocycles. The number of anilines is 1. The third kappa shape index (κ3) is 5.82. The molecule has 8 heteroatoms. The Bertz CT molecular complexity index is 786. The van der Waals surface area contributed by atoms with Crippen LogP contribution in [-0.2, 0) is 4.79 Å². The van der Waals surface area contributed by atoms with E-state index in [9.17, 15) is 9.59 Å². The van der Waals surface area contributed by atoms with E-state index in [1.54, 1.807) is 7.11 Å². The van der Waals surface area contributed by atoms with Crippen LogP contribution in [0.3, 0.4) is 0 Å². The van der Waals surface area contributed by atoms with Crippen molar-refractivity contribution in [2.45, 2.75) is 51.0 Å². The third-order valence-electron chi connectivity index (χ3n) is 4.65. The molecule has 1 aromatic heterocycles. The first-order chi connectivity index (χ1) is 13.1. The van der Waals surface area contributed by atoms with E-state index < -0.39 is 0 Å². The van der Waals surface area contributed by atoms with Crippen LogP contribution in [0.25, 0.3) is 10.2 Å². The fourth-order valence-electron chi connectivity index (χ4n) is 3.20. The molecule has 2 aromatic rings. The van der Waals surface area contributed by atoms with E-state index in [1.165, 1.54) is 30.6 Å². The fraction of sp³-hybridized carbons (Fsp3) is 0.526. The van der Waals surface area contributed by atoms with Crippen molar-refractivity contribution in [1.29, 1.82) is 0 Å². The van der Waals surface area contributed by atoms with E-state index in [0.717, 1.165) is 28.8 Å². The van der Waals surface area contributed by atoms with Gasteiger partial charge < -0.3 is 20.7 Å². The van der Waals surface area contributed by atoms with Crippen LogP contribution in [0.15, 0.2) is 18.2 Å². The average molecular weight is 391 g/mol. The summed E-state index contributed by atoms with van der Waals surface area (Å²) < 4.78 is 6.16. The number of hydrogen-bond acceptors (Lipinski definition) is 5. The Morgan fingerprint density at radius 3 is 2.85 bits per heavy atom. The highest BCUT2D eigenvalue weighted by atomic mass is 32.1. The summed E-state index contributed by atoms with van der Waals surface area (Å²) in [5.41, 5.74) is 0.831. The van der Waals surface area contributed by atoms with Crippen molar-refractivity contribution < 1.29 is 14.3 Å². The number of methoxy groups -OCH3 is 1. The summed E-state index contributed by atoms with van der Waals surface area (Å²) >= 11 is 1.42. The van der Waals surface area contributed by atoms with Gasteiger partial charge in [0.2, 0.25) is 5.91 Å². The molecule has 1 aliphatic carbocycles. The zero-order valence-electron chi connectivity index (χ0n) is 15.5. The lowest BCUT2D eigenvalue weighted by atomic mass is 9.96. The molecule has 1 aromatic carbocycles. The van der Waals surface area contributed by atoms with Gasteiger partial charge in [-0.25, -0.2) is 9.78 Å². The van der Waals surface area contributed by atoms with E-state index in [4.69, 9.17) is 4.74 Å². The van der Waals surface area contributed by atoms with Crippen LogP contribution < -0.4 is 20.7 Å². The highest BCUT2D eigenvalue weighted by molar-refractivity contribution is 7.22. The number of aromatic nitrogens is 1. The van der Waals surface area contributed by atoms with Gasteiger partial charge in [-0.05, 0) is 37.5 Å². The van der Waals surface area contributed by atoms with Gasteiger partial charge in [0.15, 0.2) is 5.13 Å². The first-order valence-corrected chi connectivity index (χ1v) is 10.2. The molecule has 1 saturated carbocycles. The molecule has 7 nitrogen and oxygen atoms in total. The van der Waals surface area contributed by atoms with Gasteiger partial charge in [-0.3, -0.25) is 4.79 Å². The maximum atomic E-state index is 12.1. The molecule has 0 atom stereocenters. The predicted octanol–water partition coefficient (Wildman–Crippen LogP) is 3.66. The zero-order valence-corrected chi connectivity index (χ0v) is 16.4. The lowest BCUT2D eigenvalue weighted by Gasteiger charge is -2.22. The van der Waals surface area contributed by atoms with Gasteiger partial charge in [0.1, 0.15) is 5.75 Å². The number of urea groups is 1. The van der Waals surface area contributed by atoms with Crippen molar-refractivity contribution in [3.8, 4) is 5.75 Å². The number of carbonyl (C=O) groups excluding carboxylic acids is 2. The SMILES string of the molecule is COc1ccc2nc(NC(=O)CCCNC(=O)NC3CCCCC3)sc2c1. The van der Waals surface area contributed by atoms with E-state index >= 15 is 0 Å². The number of nitrogens with one attached hydrogen (secondary N) is 3. The van der Waals surface area contributed by atoms with Gasteiger partial charge in [-0.15, -0.1) is 0 Å². The standard InChI is InChI=1S/C19H26N4O3S/c1-26-14-9-10-15-16(12-14)27-19(22-15)23-17(24)8-5-11-20-18(25)21-13-6-3-2-4-7-13/h9-10,12-13H,2-8,11H2,1H3,(H2,20,21,25)(H,22,23,24). The number of benzene rings is 1. The van der Waals surface area contributed by atoms with Crippen LogP contribution in [0, 0.1) is 0 Å². The quantitative estimate of drug-likeness (QED) is 0.629. The molecule has 3 N–H and O–H groups in total. The Kier molecular flexibility index (Phi) is 6.86. The Labute approximate surface area is 162 Å². The molecule has 27 heavy (non-hydrogen) atoms. The van der Waals surface area contributed by atoms with Crippen LogP contribution in [0.1, 0.15) is 44.9 Å². The molecule has 0 aliphatic heterocycles. The van der Waals surface area contributed by atoms with Crippen LogP contribution in [-0.4, -0.2) is 36.6 Å². The summed E-state index contributed by atoms with van der Waals surface area (Å²) in [5.74, 6) is 0.664. The lowest BCUT2D eigenvalue weighted by molar-refractivity contribution is -0.116. The Hall–Kier alpha value is -2.35. The lowest BCUT2D eigenvalue weighted by Crippen LogP contribution is -2.43. The molecule has 1 aliphatic rings. The number of hydrogen-bond donors (Lipinski definition) is 3. The normalized spacial score (nSPS) is 14.7. The summed E-state index contributed by atoms with van der Waals surface area (Å²) in [6, 6.07) is 5.77. The van der Waals surface area contributed by atoms with Crippen molar-refractivity contribution in [2.75, 3.05) is 19.0 Å². The highest BCUT2D eigenvalue weighted by Gasteiger charge is 2.15. The minimum atomic E-state index is -0.137. The van der Waals surface area contributed by atoms with Crippen molar-refractivity contribution in [2.24, 2.45) is 0 Å². The molecule has 0 bridgehead atoms. The fourth-order valence-corrected chi connectivity index (χ4v) is 4.11. The van der Waals surface area contributed by atoms with Gasteiger partial charge in [-0.2, -0.15) is 0 Å². The summed E-state index contributed by atoms with van der Waals surface area (Å²) in [7, 11) is 1.62.